The predicted molar refractivity (Wildman–Crippen MR) is 78.7 cm³/mol. The van der Waals surface area contributed by atoms with E-state index in [1.807, 2.05) is 12.3 Å². The van der Waals surface area contributed by atoms with Gasteiger partial charge in [0.2, 0.25) is 5.91 Å². The maximum Gasteiger partial charge on any atom is 0.251 e. The van der Waals surface area contributed by atoms with Gasteiger partial charge in [0.1, 0.15) is 6.54 Å². The molecular formula is C13H16N4O2S. The lowest BCUT2D eigenvalue weighted by atomic mass is 10.3. The van der Waals surface area contributed by atoms with E-state index in [1.54, 1.807) is 11.3 Å². The molecule has 0 atom stereocenters. The molecule has 106 valence electrons. The molecule has 0 saturated carbocycles. The summed E-state index contributed by atoms with van der Waals surface area (Å²) in [6, 6.07) is 2.86. The molecule has 2 aromatic rings. The molecule has 2 heterocycles. The van der Waals surface area contributed by atoms with Crippen molar-refractivity contribution in [2.75, 3.05) is 12.3 Å². The van der Waals surface area contributed by atoms with Crippen LogP contribution in [0.15, 0.2) is 28.5 Å². The Morgan fingerprint density at radius 3 is 3.00 bits per heavy atom. The smallest absolute Gasteiger partial charge is 0.251 e. The molecule has 3 N–H and O–H groups in total. The maximum absolute atomic E-state index is 11.7. The molecule has 0 aliphatic rings. The van der Waals surface area contributed by atoms with Crippen LogP contribution >= 0.6 is 11.3 Å². The molecule has 0 unspecified atom stereocenters. The molecule has 0 fully saturated rings. The zero-order chi connectivity index (χ0) is 14.5. The molecule has 1 amide bonds. The van der Waals surface area contributed by atoms with Gasteiger partial charge in [0.15, 0.2) is 0 Å². The Kier molecular flexibility index (Phi) is 4.52. The highest BCUT2D eigenvalue weighted by molar-refractivity contribution is 7.09. The molecule has 0 bridgehead atoms. The van der Waals surface area contributed by atoms with E-state index >= 15 is 0 Å². The monoisotopic (exact) mass is 292 g/mol. The third-order valence-corrected chi connectivity index (χ3v) is 3.51. The van der Waals surface area contributed by atoms with Crippen molar-refractivity contribution in [3.8, 4) is 0 Å². The number of aryl methyl sites for hydroxylation is 1. The zero-order valence-corrected chi connectivity index (χ0v) is 11.9. The first-order valence-electron chi connectivity index (χ1n) is 6.18. The summed E-state index contributed by atoms with van der Waals surface area (Å²) in [5, 5.41) is 5.75. The summed E-state index contributed by atoms with van der Waals surface area (Å²) < 4.78 is 1.29. The number of carbonyl (C=O) groups is 1. The molecule has 2 aromatic heterocycles. The van der Waals surface area contributed by atoms with Gasteiger partial charge in [0, 0.05) is 36.3 Å². The van der Waals surface area contributed by atoms with Crippen LogP contribution in [0.5, 0.6) is 0 Å². The summed E-state index contributed by atoms with van der Waals surface area (Å²) in [6.45, 7) is 2.41. The van der Waals surface area contributed by atoms with E-state index in [9.17, 15) is 9.59 Å². The first kappa shape index (κ1) is 14.3. The van der Waals surface area contributed by atoms with Gasteiger partial charge in [-0.1, -0.05) is 0 Å². The molecule has 20 heavy (non-hydrogen) atoms. The average Bonchev–Trinajstić information content (AvgIpc) is 2.80. The Bertz CT molecular complexity index is 662. The fraction of sp³-hybridized carbons (Fsp3) is 0.308. The number of nitrogens with one attached hydrogen (secondary N) is 1. The number of nitrogen functional groups attached to an aromatic ring is 1. The number of thiazole rings is 1. The van der Waals surface area contributed by atoms with Crippen molar-refractivity contribution in [2.24, 2.45) is 0 Å². The Labute approximate surface area is 120 Å². The number of pyridine rings is 1. The molecule has 0 aromatic carbocycles. The second-order valence-electron chi connectivity index (χ2n) is 4.39. The minimum absolute atomic E-state index is 0.0278. The molecule has 2 rings (SSSR count). The van der Waals surface area contributed by atoms with E-state index in [4.69, 9.17) is 5.73 Å². The van der Waals surface area contributed by atoms with E-state index < -0.39 is 0 Å². The quantitative estimate of drug-likeness (QED) is 0.842. The second kappa shape index (κ2) is 6.33. The van der Waals surface area contributed by atoms with Crippen LogP contribution in [0.3, 0.4) is 0 Å². The Morgan fingerprint density at radius 2 is 2.30 bits per heavy atom. The number of hydrogen-bond acceptors (Lipinski definition) is 5. The summed E-state index contributed by atoms with van der Waals surface area (Å²) in [5.74, 6) is -0.218. The minimum atomic E-state index is -0.246. The van der Waals surface area contributed by atoms with Gasteiger partial charge in [-0.2, -0.15) is 0 Å². The van der Waals surface area contributed by atoms with Gasteiger partial charge in [-0.15, -0.1) is 11.3 Å². The van der Waals surface area contributed by atoms with Crippen LogP contribution in [0.25, 0.3) is 0 Å². The molecule has 0 radical (unpaired) electrons. The van der Waals surface area contributed by atoms with Crippen molar-refractivity contribution >= 4 is 22.9 Å². The van der Waals surface area contributed by atoms with Crippen molar-refractivity contribution in [1.29, 1.82) is 0 Å². The van der Waals surface area contributed by atoms with Gasteiger partial charge in [0.05, 0.1) is 10.7 Å². The van der Waals surface area contributed by atoms with Crippen LogP contribution in [0.2, 0.25) is 0 Å². The molecule has 0 spiro atoms. The SMILES string of the molecule is Cc1nc(CCNC(=O)Cn2cc(N)ccc2=O)cs1. The predicted octanol–water partition coefficient (Wildman–Crippen LogP) is 0.554. The van der Waals surface area contributed by atoms with Gasteiger partial charge in [-0.05, 0) is 13.0 Å². The van der Waals surface area contributed by atoms with Crippen LogP contribution in [-0.4, -0.2) is 22.0 Å². The van der Waals surface area contributed by atoms with Gasteiger partial charge >= 0.3 is 0 Å². The number of rotatable bonds is 5. The summed E-state index contributed by atoms with van der Waals surface area (Å²) in [5.41, 5.74) is 6.76. The first-order valence-corrected chi connectivity index (χ1v) is 7.06. The molecule has 6 nitrogen and oxygen atoms in total. The highest BCUT2D eigenvalue weighted by Gasteiger charge is 2.05. The number of amides is 1. The Morgan fingerprint density at radius 1 is 1.50 bits per heavy atom. The third kappa shape index (κ3) is 3.92. The summed E-state index contributed by atoms with van der Waals surface area (Å²) in [4.78, 5) is 27.6. The van der Waals surface area contributed by atoms with Crippen LogP contribution < -0.4 is 16.6 Å². The molecule has 0 aliphatic heterocycles. The third-order valence-electron chi connectivity index (χ3n) is 2.69. The highest BCUT2D eigenvalue weighted by Crippen LogP contribution is 2.07. The number of carbonyl (C=O) groups excluding carboxylic acids is 1. The van der Waals surface area contributed by atoms with Gasteiger partial charge in [-0.3, -0.25) is 9.59 Å². The Balaban J connectivity index is 1.83. The zero-order valence-electron chi connectivity index (χ0n) is 11.1. The largest absolute Gasteiger partial charge is 0.398 e. The highest BCUT2D eigenvalue weighted by atomic mass is 32.1. The first-order chi connectivity index (χ1) is 9.54. The summed E-state index contributed by atoms with van der Waals surface area (Å²) in [7, 11) is 0. The van der Waals surface area contributed by atoms with Gasteiger partial charge < -0.3 is 15.6 Å². The molecule has 7 heteroatoms. The second-order valence-corrected chi connectivity index (χ2v) is 5.45. The number of aromatic nitrogens is 2. The van der Waals surface area contributed by atoms with Crippen molar-refractivity contribution < 1.29 is 4.79 Å². The lowest BCUT2D eigenvalue weighted by molar-refractivity contribution is -0.121. The van der Waals surface area contributed by atoms with E-state index in [2.05, 4.69) is 10.3 Å². The van der Waals surface area contributed by atoms with Crippen LogP contribution in [-0.2, 0) is 17.8 Å². The van der Waals surface area contributed by atoms with Crippen LogP contribution in [0.1, 0.15) is 10.7 Å². The molecule has 0 aliphatic carbocycles. The van der Waals surface area contributed by atoms with Crippen molar-refractivity contribution in [3.05, 3.63) is 44.8 Å². The topological polar surface area (TPSA) is 90.0 Å². The maximum atomic E-state index is 11.7. The number of nitrogens with two attached hydrogens (primary N) is 1. The fourth-order valence-electron chi connectivity index (χ4n) is 1.74. The van der Waals surface area contributed by atoms with Gasteiger partial charge in [0.25, 0.3) is 5.56 Å². The van der Waals surface area contributed by atoms with E-state index in [-0.39, 0.29) is 18.0 Å². The molecular weight excluding hydrogens is 276 g/mol. The standard InChI is InChI=1S/C13H16N4O2S/c1-9-16-11(8-20-9)4-5-15-12(18)7-17-6-10(14)2-3-13(17)19/h2-3,6,8H,4-5,7,14H2,1H3,(H,15,18). The number of anilines is 1. The summed E-state index contributed by atoms with van der Waals surface area (Å²) >= 11 is 1.59. The van der Waals surface area contributed by atoms with E-state index in [0.29, 0.717) is 18.7 Å². The van der Waals surface area contributed by atoms with E-state index in [0.717, 1.165) is 10.7 Å². The Hall–Kier alpha value is -2.15. The average molecular weight is 292 g/mol. The summed E-state index contributed by atoms with van der Waals surface area (Å²) in [6.07, 6.45) is 2.15. The molecule has 0 saturated heterocycles. The van der Waals surface area contributed by atoms with Crippen molar-refractivity contribution in [2.45, 2.75) is 19.9 Å². The number of nitrogens with zero attached hydrogens (tertiary/aromatic N) is 2. The van der Waals surface area contributed by atoms with Crippen LogP contribution in [0, 0.1) is 6.92 Å². The van der Waals surface area contributed by atoms with E-state index in [1.165, 1.54) is 22.9 Å². The normalized spacial score (nSPS) is 10.4. The fourth-order valence-corrected chi connectivity index (χ4v) is 2.38. The minimum Gasteiger partial charge on any atom is -0.398 e. The van der Waals surface area contributed by atoms with Crippen LogP contribution in [0.4, 0.5) is 5.69 Å². The lowest BCUT2D eigenvalue weighted by Gasteiger charge is -2.07. The van der Waals surface area contributed by atoms with Crippen molar-refractivity contribution in [1.82, 2.24) is 14.9 Å². The van der Waals surface area contributed by atoms with Crippen molar-refractivity contribution in [3.63, 3.8) is 0 Å². The van der Waals surface area contributed by atoms with Gasteiger partial charge in [-0.25, -0.2) is 4.98 Å². The lowest BCUT2D eigenvalue weighted by Crippen LogP contribution is -2.33. The number of hydrogen-bond donors (Lipinski definition) is 2.